The molecule has 1 aliphatic rings. The summed E-state index contributed by atoms with van der Waals surface area (Å²) in [6, 6.07) is 6.45. The predicted molar refractivity (Wildman–Crippen MR) is 72.5 cm³/mol. The molecule has 0 aliphatic heterocycles. The molecule has 17 heavy (non-hydrogen) atoms. The highest BCUT2D eigenvalue weighted by Gasteiger charge is 2.20. The molecular formula is C15H23NO. The minimum absolute atomic E-state index is 0.387. The number of hydrogen-bond donors (Lipinski definition) is 2. The van der Waals surface area contributed by atoms with Crippen LogP contribution in [0, 0.1) is 12.8 Å². The van der Waals surface area contributed by atoms with Gasteiger partial charge in [-0.15, -0.1) is 0 Å². The molecule has 2 N–H and O–H groups in total. The third-order valence-electron chi connectivity index (χ3n) is 3.94. The Morgan fingerprint density at radius 3 is 2.88 bits per heavy atom. The predicted octanol–water partition coefficient (Wildman–Crippen LogP) is 4.08. The van der Waals surface area contributed by atoms with Crippen LogP contribution >= 0.6 is 0 Å². The second-order valence-electron chi connectivity index (χ2n) is 5.28. The van der Waals surface area contributed by atoms with Gasteiger partial charge in [-0.25, -0.2) is 0 Å². The van der Waals surface area contributed by atoms with E-state index in [0.29, 0.717) is 11.8 Å². The van der Waals surface area contributed by atoms with E-state index in [2.05, 4.69) is 18.3 Å². The Bertz CT molecular complexity index is 375. The Hall–Kier alpha value is -1.18. The molecule has 1 fully saturated rings. The Balaban J connectivity index is 1.97. The Morgan fingerprint density at radius 2 is 2.18 bits per heavy atom. The van der Waals surface area contributed by atoms with Gasteiger partial charge in [0, 0.05) is 17.8 Å². The molecular weight excluding hydrogens is 210 g/mol. The third-order valence-corrected chi connectivity index (χ3v) is 3.94. The van der Waals surface area contributed by atoms with Crippen LogP contribution in [0.3, 0.4) is 0 Å². The van der Waals surface area contributed by atoms with E-state index >= 15 is 0 Å². The summed E-state index contributed by atoms with van der Waals surface area (Å²) in [6.07, 6.45) is 6.52. The van der Waals surface area contributed by atoms with E-state index in [1.54, 1.807) is 0 Å². The maximum absolute atomic E-state index is 9.69. The Morgan fingerprint density at radius 1 is 1.35 bits per heavy atom. The van der Waals surface area contributed by atoms with Gasteiger partial charge in [0.05, 0.1) is 0 Å². The Kier molecular flexibility index (Phi) is 3.93. The average Bonchev–Trinajstić information content (AvgIpc) is 2.34. The average molecular weight is 233 g/mol. The highest BCUT2D eigenvalue weighted by molar-refractivity contribution is 5.51. The van der Waals surface area contributed by atoms with Crippen LogP contribution in [0.25, 0.3) is 0 Å². The summed E-state index contributed by atoms with van der Waals surface area (Å²) < 4.78 is 0. The summed E-state index contributed by atoms with van der Waals surface area (Å²) in [7, 11) is 0. The summed E-state index contributed by atoms with van der Waals surface area (Å²) in [4.78, 5) is 0. The zero-order valence-corrected chi connectivity index (χ0v) is 10.9. The van der Waals surface area contributed by atoms with Gasteiger partial charge < -0.3 is 10.4 Å². The lowest BCUT2D eigenvalue weighted by molar-refractivity contribution is 0.327. The van der Waals surface area contributed by atoms with Crippen LogP contribution in [0.5, 0.6) is 5.75 Å². The fourth-order valence-corrected chi connectivity index (χ4v) is 2.73. The van der Waals surface area contributed by atoms with E-state index in [1.165, 1.54) is 32.1 Å². The van der Waals surface area contributed by atoms with Crippen LogP contribution in [0.15, 0.2) is 18.2 Å². The lowest BCUT2D eigenvalue weighted by atomic mass is 9.84. The van der Waals surface area contributed by atoms with Gasteiger partial charge in [-0.2, -0.15) is 0 Å². The SMILES string of the molecule is CCC1CCCC(Nc2ccc(C)c(O)c2)C1. The second kappa shape index (κ2) is 5.44. The van der Waals surface area contributed by atoms with Crippen LogP contribution in [0.1, 0.15) is 44.6 Å². The zero-order chi connectivity index (χ0) is 12.3. The van der Waals surface area contributed by atoms with E-state index in [9.17, 15) is 5.11 Å². The van der Waals surface area contributed by atoms with Crippen molar-refractivity contribution >= 4 is 5.69 Å². The van der Waals surface area contributed by atoms with E-state index < -0.39 is 0 Å². The summed E-state index contributed by atoms with van der Waals surface area (Å²) in [5.74, 6) is 1.26. The summed E-state index contributed by atoms with van der Waals surface area (Å²) in [5, 5.41) is 13.2. The van der Waals surface area contributed by atoms with Crippen LogP contribution in [0.4, 0.5) is 5.69 Å². The second-order valence-corrected chi connectivity index (χ2v) is 5.28. The largest absolute Gasteiger partial charge is 0.508 e. The maximum Gasteiger partial charge on any atom is 0.120 e. The molecule has 0 saturated heterocycles. The first-order valence-corrected chi connectivity index (χ1v) is 6.75. The standard InChI is InChI=1S/C15H23NO/c1-3-12-5-4-6-13(9-12)16-14-8-7-11(2)15(17)10-14/h7-8,10,12-13,16-17H,3-6,9H2,1-2H3. The van der Waals surface area contributed by atoms with Crippen molar-refractivity contribution in [2.75, 3.05) is 5.32 Å². The molecule has 1 aromatic carbocycles. The molecule has 0 aromatic heterocycles. The Labute approximate surface area is 104 Å². The van der Waals surface area contributed by atoms with Crippen LogP contribution in [0.2, 0.25) is 0 Å². The molecule has 0 amide bonds. The van der Waals surface area contributed by atoms with Crippen molar-refractivity contribution in [1.82, 2.24) is 0 Å². The van der Waals surface area contributed by atoms with Gasteiger partial charge in [0.25, 0.3) is 0 Å². The minimum Gasteiger partial charge on any atom is -0.508 e. The number of phenolic OH excluding ortho intramolecular Hbond substituents is 1. The van der Waals surface area contributed by atoms with Crippen molar-refractivity contribution in [1.29, 1.82) is 0 Å². The summed E-state index contributed by atoms with van der Waals surface area (Å²) in [5.41, 5.74) is 1.99. The molecule has 0 heterocycles. The molecule has 0 bridgehead atoms. The van der Waals surface area contributed by atoms with Crippen molar-refractivity contribution in [3.8, 4) is 5.75 Å². The van der Waals surface area contributed by atoms with Crippen molar-refractivity contribution in [3.05, 3.63) is 23.8 Å². The summed E-state index contributed by atoms with van der Waals surface area (Å²) >= 11 is 0. The van der Waals surface area contributed by atoms with Crippen LogP contribution in [-0.4, -0.2) is 11.1 Å². The first-order chi connectivity index (χ1) is 8.19. The molecule has 2 heteroatoms. The van der Waals surface area contributed by atoms with Gasteiger partial charge in [0.2, 0.25) is 0 Å². The number of aromatic hydroxyl groups is 1. The topological polar surface area (TPSA) is 32.3 Å². The van der Waals surface area contributed by atoms with Gasteiger partial charge >= 0.3 is 0 Å². The van der Waals surface area contributed by atoms with Gasteiger partial charge in [-0.3, -0.25) is 0 Å². The molecule has 1 aliphatic carbocycles. The van der Waals surface area contributed by atoms with Crippen LogP contribution < -0.4 is 5.32 Å². The van der Waals surface area contributed by atoms with Crippen molar-refractivity contribution in [2.45, 2.75) is 52.0 Å². The summed E-state index contributed by atoms with van der Waals surface area (Å²) in [6.45, 7) is 4.21. The first-order valence-electron chi connectivity index (χ1n) is 6.75. The highest BCUT2D eigenvalue weighted by atomic mass is 16.3. The third kappa shape index (κ3) is 3.15. The zero-order valence-electron chi connectivity index (χ0n) is 10.9. The first kappa shape index (κ1) is 12.3. The highest BCUT2D eigenvalue weighted by Crippen LogP contribution is 2.29. The van der Waals surface area contributed by atoms with Gasteiger partial charge in [0.1, 0.15) is 5.75 Å². The van der Waals surface area contributed by atoms with E-state index in [1.807, 2.05) is 19.1 Å². The van der Waals surface area contributed by atoms with E-state index in [-0.39, 0.29) is 0 Å². The molecule has 2 nitrogen and oxygen atoms in total. The number of phenols is 1. The van der Waals surface area contributed by atoms with Gasteiger partial charge in [0.15, 0.2) is 0 Å². The van der Waals surface area contributed by atoms with Crippen LogP contribution in [-0.2, 0) is 0 Å². The molecule has 2 rings (SSSR count). The number of benzene rings is 1. The lowest BCUT2D eigenvalue weighted by Gasteiger charge is -2.29. The monoisotopic (exact) mass is 233 g/mol. The lowest BCUT2D eigenvalue weighted by Crippen LogP contribution is -2.27. The van der Waals surface area contributed by atoms with Gasteiger partial charge in [-0.1, -0.05) is 32.3 Å². The van der Waals surface area contributed by atoms with Crippen molar-refractivity contribution in [2.24, 2.45) is 5.92 Å². The van der Waals surface area contributed by atoms with Gasteiger partial charge in [-0.05, 0) is 37.3 Å². The molecule has 0 spiro atoms. The normalized spacial score (nSPS) is 24.6. The van der Waals surface area contributed by atoms with Crippen molar-refractivity contribution < 1.29 is 5.11 Å². The number of anilines is 1. The fourth-order valence-electron chi connectivity index (χ4n) is 2.73. The molecule has 2 unspecified atom stereocenters. The quantitative estimate of drug-likeness (QED) is 0.824. The molecule has 1 aromatic rings. The molecule has 94 valence electrons. The number of aryl methyl sites for hydroxylation is 1. The van der Waals surface area contributed by atoms with E-state index in [4.69, 9.17) is 0 Å². The fraction of sp³-hybridized carbons (Fsp3) is 0.600. The minimum atomic E-state index is 0.387. The molecule has 1 saturated carbocycles. The van der Waals surface area contributed by atoms with Crippen molar-refractivity contribution in [3.63, 3.8) is 0 Å². The smallest absolute Gasteiger partial charge is 0.120 e. The number of nitrogens with one attached hydrogen (secondary N) is 1. The van der Waals surface area contributed by atoms with E-state index in [0.717, 1.165) is 17.2 Å². The molecule has 2 atom stereocenters. The molecule has 0 radical (unpaired) electrons. The maximum atomic E-state index is 9.69. The number of rotatable bonds is 3. The number of hydrogen-bond acceptors (Lipinski definition) is 2.